The van der Waals surface area contributed by atoms with Gasteiger partial charge in [-0.15, -0.1) is 0 Å². The van der Waals surface area contributed by atoms with E-state index in [1.165, 1.54) is 35.9 Å². The molecule has 0 bridgehead atoms. The Morgan fingerprint density at radius 2 is 1.43 bits per heavy atom. The molecular weight excluding hydrogens is 536 g/mol. The molecule has 42 heavy (non-hydrogen) atoms. The monoisotopic (exact) mass is 562 g/mol. The van der Waals surface area contributed by atoms with Gasteiger partial charge in [0.25, 0.3) is 5.79 Å². The maximum Gasteiger partial charge on any atom is 0.285 e. The van der Waals surface area contributed by atoms with Gasteiger partial charge in [-0.3, -0.25) is 0 Å². The summed E-state index contributed by atoms with van der Waals surface area (Å²) in [5.41, 5.74) is 4.49. The van der Waals surface area contributed by atoms with E-state index in [2.05, 4.69) is 13.0 Å². The molecule has 2 aliphatic heterocycles. The number of aromatic hydroxyl groups is 5. The second kappa shape index (κ2) is 8.39. The lowest BCUT2D eigenvalue weighted by Gasteiger charge is -2.55. The molecule has 1 aliphatic carbocycles. The van der Waals surface area contributed by atoms with E-state index in [0.29, 0.717) is 34.0 Å². The van der Waals surface area contributed by atoms with Crippen LogP contribution in [0.1, 0.15) is 41.9 Å². The number of fused-ring (bicyclic) bond motifs is 5. The van der Waals surface area contributed by atoms with Gasteiger partial charge in [-0.1, -0.05) is 17.7 Å². The van der Waals surface area contributed by atoms with Crippen LogP contribution >= 0.6 is 0 Å². The summed E-state index contributed by atoms with van der Waals surface area (Å²) in [5.74, 6) is -0.948. The topological polar surface area (TPSA) is 133 Å². The van der Waals surface area contributed by atoms with Gasteiger partial charge < -0.3 is 39.4 Å². The Morgan fingerprint density at radius 1 is 0.714 bits per heavy atom. The van der Waals surface area contributed by atoms with E-state index >= 15 is 0 Å². The van der Waals surface area contributed by atoms with Crippen molar-refractivity contribution in [3.8, 4) is 51.6 Å². The second-order valence-corrected chi connectivity index (χ2v) is 11.4. The number of hydrogen-bond donors (Lipinski definition) is 5. The molecule has 3 heterocycles. The molecule has 8 rings (SSSR count). The molecule has 3 aliphatic rings. The van der Waals surface area contributed by atoms with Gasteiger partial charge in [-0.05, 0) is 61.4 Å². The summed E-state index contributed by atoms with van der Waals surface area (Å²) in [6.45, 7) is 2.10. The van der Waals surface area contributed by atoms with Crippen LogP contribution < -0.4 is 9.47 Å². The lowest BCUT2D eigenvalue weighted by molar-refractivity contribution is -0.198. The van der Waals surface area contributed by atoms with E-state index in [1.54, 1.807) is 24.3 Å². The van der Waals surface area contributed by atoms with Crippen LogP contribution in [0.3, 0.4) is 0 Å². The SMILES string of the molecule is CC1=C[C@H]2c3cc4cc(-c5cc(O)cc(O)c5)oc4cc3O[C@@]3(c4ccc(O)cc4O)Oc4cc(O)ccc4[C@H](C1)[C@@H]23. The number of benzene rings is 4. The van der Waals surface area contributed by atoms with Gasteiger partial charge in [0, 0.05) is 52.6 Å². The number of hydrogen-bond acceptors (Lipinski definition) is 8. The highest BCUT2D eigenvalue weighted by molar-refractivity contribution is 5.86. The van der Waals surface area contributed by atoms with Crippen molar-refractivity contribution in [3.05, 3.63) is 101 Å². The summed E-state index contributed by atoms with van der Waals surface area (Å²) in [6.07, 6.45) is 2.96. The van der Waals surface area contributed by atoms with Gasteiger partial charge in [0.05, 0.1) is 11.5 Å². The normalized spacial score (nSPS) is 23.6. The van der Waals surface area contributed by atoms with Crippen LogP contribution in [0.2, 0.25) is 0 Å². The smallest absolute Gasteiger partial charge is 0.285 e. The molecule has 0 unspecified atom stereocenters. The molecule has 0 saturated heterocycles. The Bertz CT molecular complexity index is 1950. The Kier molecular flexibility index (Phi) is 4.90. The van der Waals surface area contributed by atoms with Gasteiger partial charge in [0.2, 0.25) is 0 Å². The summed E-state index contributed by atoms with van der Waals surface area (Å²) in [5, 5.41) is 52.5. The predicted molar refractivity (Wildman–Crippen MR) is 153 cm³/mol. The lowest BCUT2D eigenvalue weighted by atomic mass is 9.61. The Morgan fingerprint density at radius 3 is 2.19 bits per heavy atom. The molecule has 0 radical (unpaired) electrons. The summed E-state index contributed by atoms with van der Waals surface area (Å²) < 4.78 is 19.7. The molecule has 0 spiro atoms. The van der Waals surface area contributed by atoms with Crippen LogP contribution in [0.25, 0.3) is 22.3 Å². The highest BCUT2D eigenvalue weighted by Gasteiger charge is 2.61. The highest BCUT2D eigenvalue weighted by atomic mass is 16.7. The van der Waals surface area contributed by atoms with Gasteiger partial charge in [-0.2, -0.15) is 0 Å². The Hall–Kier alpha value is -5.24. The minimum absolute atomic E-state index is 0.0518. The molecule has 4 aromatic carbocycles. The van der Waals surface area contributed by atoms with Gasteiger partial charge >= 0.3 is 0 Å². The largest absolute Gasteiger partial charge is 0.508 e. The zero-order valence-electron chi connectivity index (χ0n) is 22.4. The zero-order chi connectivity index (χ0) is 28.9. The summed E-state index contributed by atoms with van der Waals surface area (Å²) in [7, 11) is 0. The quantitative estimate of drug-likeness (QED) is 0.144. The average Bonchev–Trinajstić information content (AvgIpc) is 3.34. The predicted octanol–water partition coefficient (Wildman–Crippen LogP) is 7.10. The van der Waals surface area contributed by atoms with E-state index in [-0.39, 0.29) is 46.5 Å². The Balaban J connectivity index is 1.37. The van der Waals surface area contributed by atoms with Crippen molar-refractivity contribution in [2.75, 3.05) is 0 Å². The number of ether oxygens (including phenoxy) is 2. The summed E-state index contributed by atoms with van der Waals surface area (Å²) >= 11 is 0. The maximum atomic E-state index is 11.1. The van der Waals surface area contributed by atoms with Crippen LogP contribution in [0.5, 0.6) is 40.2 Å². The van der Waals surface area contributed by atoms with Crippen LogP contribution in [0.4, 0.5) is 0 Å². The van der Waals surface area contributed by atoms with Gasteiger partial charge in [0.1, 0.15) is 51.6 Å². The molecule has 0 saturated carbocycles. The molecule has 5 aromatic rings. The fraction of sp³-hybridized carbons (Fsp3) is 0.176. The standard InChI is InChI=1S/C34H26O8/c1-16-6-25-23-4-2-20(36)14-31(23)41-34(27-5-3-19(35)13-28(27)39)33(25)26(7-16)24-10-18-11-29(40-30(18)15-32(24)42-34)17-8-21(37)12-22(38)9-17/h2-5,7-15,25-26,33,35-39H,6H2,1H3/t25-,26-,33-,34+/m0/s1. The minimum atomic E-state index is -1.49. The average molecular weight is 563 g/mol. The van der Waals surface area contributed by atoms with Crippen molar-refractivity contribution < 1.29 is 39.4 Å². The molecule has 4 atom stereocenters. The van der Waals surface area contributed by atoms with Crippen LogP contribution in [0.15, 0.2) is 88.9 Å². The third-order valence-corrected chi connectivity index (χ3v) is 8.74. The first-order valence-corrected chi connectivity index (χ1v) is 13.7. The fourth-order valence-corrected chi connectivity index (χ4v) is 7.11. The van der Waals surface area contributed by atoms with Crippen molar-refractivity contribution >= 4 is 11.0 Å². The highest BCUT2D eigenvalue weighted by Crippen LogP contribution is 2.64. The van der Waals surface area contributed by atoms with Crippen molar-refractivity contribution in [1.82, 2.24) is 0 Å². The molecule has 8 heteroatoms. The van der Waals surface area contributed by atoms with Gasteiger partial charge in [-0.25, -0.2) is 0 Å². The number of allylic oxidation sites excluding steroid dienone is 2. The molecule has 5 N–H and O–H groups in total. The van der Waals surface area contributed by atoms with Crippen LogP contribution in [-0.4, -0.2) is 25.5 Å². The lowest BCUT2D eigenvalue weighted by Crippen LogP contribution is -2.56. The molecule has 0 amide bonds. The third kappa shape index (κ3) is 3.48. The third-order valence-electron chi connectivity index (χ3n) is 8.74. The van der Waals surface area contributed by atoms with E-state index in [1.807, 2.05) is 18.2 Å². The molecule has 8 nitrogen and oxygen atoms in total. The second-order valence-electron chi connectivity index (χ2n) is 11.4. The Labute approximate surface area is 239 Å². The van der Waals surface area contributed by atoms with Crippen LogP contribution in [0, 0.1) is 5.92 Å². The number of phenols is 5. The van der Waals surface area contributed by atoms with E-state index in [4.69, 9.17) is 13.9 Å². The van der Waals surface area contributed by atoms with E-state index in [9.17, 15) is 25.5 Å². The molecule has 1 aromatic heterocycles. The van der Waals surface area contributed by atoms with Crippen molar-refractivity contribution in [1.29, 1.82) is 0 Å². The van der Waals surface area contributed by atoms with Crippen LogP contribution in [-0.2, 0) is 5.79 Å². The number of furan rings is 1. The molecule has 210 valence electrons. The first-order valence-electron chi connectivity index (χ1n) is 13.7. The first kappa shape index (κ1) is 24.5. The molecule has 0 fully saturated rings. The fourth-order valence-electron chi connectivity index (χ4n) is 7.11. The first-order chi connectivity index (χ1) is 20.2. The number of phenolic OH excluding ortho intramolecular Hbond substituents is 5. The summed E-state index contributed by atoms with van der Waals surface area (Å²) in [6, 6.07) is 19.5. The number of rotatable bonds is 2. The maximum absolute atomic E-state index is 11.1. The summed E-state index contributed by atoms with van der Waals surface area (Å²) in [4.78, 5) is 0. The minimum Gasteiger partial charge on any atom is -0.508 e. The van der Waals surface area contributed by atoms with E-state index in [0.717, 1.165) is 22.9 Å². The van der Waals surface area contributed by atoms with Gasteiger partial charge in [0.15, 0.2) is 0 Å². The van der Waals surface area contributed by atoms with Crippen molar-refractivity contribution in [3.63, 3.8) is 0 Å². The molecular formula is C34H26O8. The van der Waals surface area contributed by atoms with Crippen molar-refractivity contribution in [2.45, 2.75) is 31.0 Å². The van der Waals surface area contributed by atoms with Crippen molar-refractivity contribution in [2.24, 2.45) is 5.92 Å². The zero-order valence-corrected chi connectivity index (χ0v) is 22.4. The van der Waals surface area contributed by atoms with E-state index < -0.39 is 5.79 Å².